The van der Waals surface area contributed by atoms with Crippen molar-refractivity contribution in [3.8, 4) is 0 Å². The van der Waals surface area contributed by atoms with Gasteiger partial charge >= 0.3 is 162 Å². The van der Waals surface area contributed by atoms with Gasteiger partial charge in [-0.05, 0) is 0 Å². The molecule has 0 spiro atoms. The molecule has 2 fully saturated rings. The second kappa shape index (κ2) is 10.5. The Hall–Kier alpha value is 1.46. The average Bonchev–Trinajstić information content (AvgIpc) is 2.52. The van der Waals surface area contributed by atoms with Crippen LogP contribution in [0.1, 0.15) is 78.1 Å². The van der Waals surface area contributed by atoms with E-state index in [9.17, 15) is 0 Å². The summed E-state index contributed by atoms with van der Waals surface area (Å²) in [5, 5.41) is 0. The van der Waals surface area contributed by atoms with Crippen LogP contribution < -0.4 is 42.4 Å². The van der Waals surface area contributed by atoms with E-state index in [2.05, 4.69) is 23.7 Å². The van der Waals surface area contributed by atoms with E-state index < -0.39 is 0 Å². The molecular formula is C20H38I2-2. The Morgan fingerprint density at radius 2 is 1.23 bits per heavy atom. The summed E-state index contributed by atoms with van der Waals surface area (Å²) < 4.78 is 2.26. The number of fused-ring (bicyclic) bond motifs is 1. The first-order valence-electron chi connectivity index (χ1n) is 9.61. The molecule has 0 N–H and O–H groups in total. The third-order valence-corrected chi connectivity index (χ3v) is 12.5. The van der Waals surface area contributed by atoms with Crippen molar-refractivity contribution in [1.82, 2.24) is 0 Å². The van der Waals surface area contributed by atoms with Crippen molar-refractivity contribution >= 4 is 0 Å². The first-order chi connectivity index (χ1) is 10.7. The van der Waals surface area contributed by atoms with Crippen LogP contribution in [0.3, 0.4) is 0 Å². The van der Waals surface area contributed by atoms with Crippen molar-refractivity contribution < 1.29 is 42.4 Å². The molecule has 0 saturated heterocycles. The van der Waals surface area contributed by atoms with Crippen LogP contribution in [0.5, 0.6) is 0 Å². The summed E-state index contributed by atoms with van der Waals surface area (Å²) in [4.78, 5) is 5.09. The summed E-state index contributed by atoms with van der Waals surface area (Å²) in [6.45, 7) is 5.20. The second-order valence-corrected chi connectivity index (χ2v) is 14.0. The Balaban J connectivity index is 2.08. The van der Waals surface area contributed by atoms with Crippen LogP contribution in [-0.4, -0.2) is 17.7 Å². The van der Waals surface area contributed by atoms with Gasteiger partial charge in [0, 0.05) is 0 Å². The van der Waals surface area contributed by atoms with Gasteiger partial charge in [-0.2, -0.15) is 0 Å². The Kier molecular flexibility index (Phi) is 9.40. The van der Waals surface area contributed by atoms with Gasteiger partial charge in [0.15, 0.2) is 0 Å². The molecule has 134 valence electrons. The molecule has 0 amide bonds. The maximum absolute atomic E-state index is 2.62. The molecule has 2 aliphatic carbocycles. The van der Waals surface area contributed by atoms with Crippen LogP contribution in [0.2, 0.25) is 0 Å². The first-order valence-corrected chi connectivity index (χ1v) is 16.4. The Bertz CT molecular complexity index is 304. The Labute approximate surface area is 160 Å². The van der Waals surface area contributed by atoms with E-state index in [1.54, 1.807) is 38.5 Å². The van der Waals surface area contributed by atoms with Crippen LogP contribution >= 0.6 is 0 Å². The van der Waals surface area contributed by atoms with Crippen molar-refractivity contribution in [2.24, 2.45) is 23.7 Å². The van der Waals surface area contributed by atoms with Gasteiger partial charge in [-0.15, -0.1) is 0 Å². The van der Waals surface area contributed by atoms with Gasteiger partial charge in [0.1, 0.15) is 0 Å². The molecule has 5 unspecified atom stereocenters. The van der Waals surface area contributed by atoms with Gasteiger partial charge < -0.3 is 0 Å². The van der Waals surface area contributed by atoms with Gasteiger partial charge in [0.05, 0.1) is 0 Å². The minimum atomic E-state index is 0.447. The van der Waals surface area contributed by atoms with Crippen LogP contribution in [0.25, 0.3) is 0 Å². The van der Waals surface area contributed by atoms with Crippen LogP contribution in [0.4, 0.5) is 0 Å². The average molecular weight is 532 g/mol. The quantitative estimate of drug-likeness (QED) is 0.336. The molecule has 0 bridgehead atoms. The Morgan fingerprint density at radius 3 is 1.91 bits per heavy atom. The van der Waals surface area contributed by atoms with Gasteiger partial charge in [-0.1, -0.05) is 0 Å². The van der Waals surface area contributed by atoms with Crippen molar-refractivity contribution in [2.45, 2.75) is 85.9 Å². The zero-order valence-corrected chi connectivity index (χ0v) is 19.6. The molecule has 6 atom stereocenters. The third-order valence-electron chi connectivity index (χ3n) is 6.55. The molecule has 2 rings (SSSR count). The molecule has 22 heavy (non-hydrogen) atoms. The van der Waals surface area contributed by atoms with E-state index in [1.807, 2.05) is 0 Å². The SMILES string of the molecule is C[I-]C1CCCCC([I-]C)CC(C)C2CCC[C@@H](C)C2CC1. The summed E-state index contributed by atoms with van der Waals surface area (Å²) in [5.74, 6) is 4.15. The number of hydrogen-bond donors (Lipinski definition) is 0. The van der Waals surface area contributed by atoms with Gasteiger partial charge in [0.2, 0.25) is 0 Å². The molecule has 0 nitrogen and oxygen atoms in total. The number of rotatable bonds is 2. The molecule has 2 heteroatoms. The van der Waals surface area contributed by atoms with Crippen molar-refractivity contribution in [3.05, 3.63) is 0 Å². The summed E-state index contributed by atoms with van der Waals surface area (Å²) >= 11 is 0.907. The molecule has 2 saturated carbocycles. The summed E-state index contributed by atoms with van der Waals surface area (Å²) in [6, 6.07) is 0. The molecule has 0 aromatic heterocycles. The first kappa shape index (κ1) is 19.8. The van der Waals surface area contributed by atoms with E-state index in [0.717, 1.165) is 31.5 Å². The van der Waals surface area contributed by atoms with Gasteiger partial charge in [-0.3, -0.25) is 0 Å². The molecule has 0 heterocycles. The van der Waals surface area contributed by atoms with E-state index in [-0.39, 0.29) is 0 Å². The van der Waals surface area contributed by atoms with E-state index >= 15 is 0 Å². The van der Waals surface area contributed by atoms with Crippen LogP contribution in [0, 0.1) is 23.7 Å². The zero-order valence-electron chi connectivity index (χ0n) is 15.3. The summed E-state index contributed by atoms with van der Waals surface area (Å²) in [6.07, 6.45) is 15.5. The van der Waals surface area contributed by atoms with E-state index in [4.69, 9.17) is 0 Å². The summed E-state index contributed by atoms with van der Waals surface area (Å²) in [5.41, 5.74) is 0. The van der Waals surface area contributed by atoms with Crippen LogP contribution in [-0.2, 0) is 0 Å². The fourth-order valence-corrected chi connectivity index (χ4v) is 9.51. The number of halogens is 2. The van der Waals surface area contributed by atoms with Gasteiger partial charge in [-0.25, -0.2) is 0 Å². The van der Waals surface area contributed by atoms with Gasteiger partial charge in [0.25, 0.3) is 0 Å². The number of hydrogen-bond acceptors (Lipinski definition) is 0. The van der Waals surface area contributed by atoms with Crippen LogP contribution in [0.15, 0.2) is 0 Å². The predicted octanol–water partition coefficient (Wildman–Crippen LogP) is -0.406. The molecular weight excluding hydrogens is 494 g/mol. The number of alkyl halides is 4. The maximum atomic E-state index is 2.62. The third kappa shape index (κ3) is 5.77. The molecule has 0 aliphatic heterocycles. The molecule has 2 aliphatic rings. The summed E-state index contributed by atoms with van der Waals surface area (Å²) in [7, 11) is 0. The standard InChI is InChI=1S/C20H38I2/c1-15-8-7-11-19-16(2)14-18(22-4)10-6-5-9-17(21-3)12-13-20(15)19/h15-20H,5-14H2,1-4H3/q-2/t15-,16?,17?,18?,19?,20?/m1/s1. The minimum absolute atomic E-state index is 0.447. The monoisotopic (exact) mass is 532 g/mol. The molecule has 0 radical (unpaired) electrons. The molecule has 0 aromatic rings. The fraction of sp³-hybridized carbons (Fsp3) is 1.00. The molecule has 0 aromatic carbocycles. The van der Waals surface area contributed by atoms with E-state index in [0.29, 0.717) is 42.4 Å². The van der Waals surface area contributed by atoms with E-state index in [1.165, 1.54) is 25.7 Å². The topological polar surface area (TPSA) is 0 Å². The predicted molar refractivity (Wildman–Crippen MR) is 90.9 cm³/mol. The van der Waals surface area contributed by atoms with Crippen molar-refractivity contribution in [1.29, 1.82) is 0 Å². The zero-order chi connectivity index (χ0) is 15.9. The Morgan fingerprint density at radius 1 is 0.591 bits per heavy atom. The fourth-order valence-electron chi connectivity index (χ4n) is 5.09. The normalized spacial score (nSPS) is 42.4. The second-order valence-electron chi connectivity index (χ2n) is 7.94. The van der Waals surface area contributed by atoms with Crippen molar-refractivity contribution in [3.63, 3.8) is 0 Å². The van der Waals surface area contributed by atoms with Crippen molar-refractivity contribution in [2.75, 3.05) is 9.86 Å².